The van der Waals surface area contributed by atoms with Crippen LogP contribution in [0.5, 0.6) is 11.5 Å². The number of ether oxygens (including phenoxy) is 2. The first-order valence-corrected chi connectivity index (χ1v) is 8.74. The van der Waals surface area contributed by atoms with E-state index in [1.54, 1.807) is 14.2 Å². The lowest BCUT2D eigenvalue weighted by molar-refractivity contribution is -0.121. The minimum Gasteiger partial charge on any atom is -0.493 e. The molecule has 5 nitrogen and oxygen atoms in total. The fourth-order valence-corrected chi connectivity index (χ4v) is 3.16. The molecule has 3 aromatic rings. The van der Waals surface area contributed by atoms with Crippen LogP contribution in [0.3, 0.4) is 0 Å². The Kier molecular flexibility index (Phi) is 5.79. The fourth-order valence-electron chi connectivity index (χ4n) is 3.16. The molecule has 0 aliphatic rings. The molecule has 1 heterocycles. The molecule has 136 valence electrons. The van der Waals surface area contributed by atoms with Crippen LogP contribution < -0.4 is 14.8 Å². The van der Waals surface area contributed by atoms with E-state index in [2.05, 4.69) is 22.4 Å². The number of aryl methyl sites for hydroxylation is 1. The highest BCUT2D eigenvalue weighted by atomic mass is 16.5. The third-order valence-corrected chi connectivity index (χ3v) is 4.50. The Hall–Kier alpha value is -2.95. The predicted octanol–water partition coefficient (Wildman–Crippen LogP) is 3.48. The van der Waals surface area contributed by atoms with Gasteiger partial charge in [0, 0.05) is 30.1 Å². The summed E-state index contributed by atoms with van der Waals surface area (Å²) in [5.74, 6) is 1.42. The van der Waals surface area contributed by atoms with Crippen molar-refractivity contribution in [1.29, 1.82) is 0 Å². The van der Waals surface area contributed by atoms with Gasteiger partial charge in [-0.2, -0.15) is 0 Å². The summed E-state index contributed by atoms with van der Waals surface area (Å²) in [6, 6.07) is 13.9. The average Bonchev–Trinajstić information content (AvgIpc) is 3.09. The van der Waals surface area contributed by atoms with E-state index < -0.39 is 0 Å². The first-order chi connectivity index (χ1) is 12.7. The number of amides is 1. The third-order valence-electron chi connectivity index (χ3n) is 4.50. The zero-order chi connectivity index (χ0) is 18.4. The molecular formula is C21H24N2O3. The zero-order valence-corrected chi connectivity index (χ0v) is 15.2. The standard InChI is InChI=1S/C21H24N2O3/c1-25-19-9-5-6-15(21(19)26-2)10-11-20(24)22-13-12-16-14-23-18-8-4-3-7-17(16)18/h3-9,14,23H,10-13H2,1-2H3,(H,22,24). The van der Waals surface area contributed by atoms with E-state index in [1.165, 1.54) is 10.9 Å². The highest BCUT2D eigenvalue weighted by Crippen LogP contribution is 2.31. The van der Waals surface area contributed by atoms with Crippen molar-refractivity contribution < 1.29 is 14.3 Å². The largest absolute Gasteiger partial charge is 0.493 e. The molecule has 0 atom stereocenters. The minimum absolute atomic E-state index is 0.0368. The van der Waals surface area contributed by atoms with Crippen LogP contribution in [-0.4, -0.2) is 31.7 Å². The maximum Gasteiger partial charge on any atom is 0.220 e. The number of aromatic amines is 1. The van der Waals surface area contributed by atoms with Gasteiger partial charge in [0.05, 0.1) is 14.2 Å². The summed E-state index contributed by atoms with van der Waals surface area (Å²) in [4.78, 5) is 15.4. The van der Waals surface area contributed by atoms with Crippen molar-refractivity contribution in [2.45, 2.75) is 19.3 Å². The molecule has 5 heteroatoms. The molecule has 3 rings (SSSR count). The van der Waals surface area contributed by atoms with Gasteiger partial charge in [0.15, 0.2) is 11.5 Å². The van der Waals surface area contributed by atoms with E-state index in [-0.39, 0.29) is 5.91 Å². The van der Waals surface area contributed by atoms with E-state index in [4.69, 9.17) is 9.47 Å². The highest BCUT2D eigenvalue weighted by Gasteiger charge is 2.11. The molecule has 0 spiro atoms. The van der Waals surface area contributed by atoms with Gasteiger partial charge in [0.2, 0.25) is 5.91 Å². The molecule has 1 amide bonds. The summed E-state index contributed by atoms with van der Waals surface area (Å²) in [5.41, 5.74) is 3.31. The van der Waals surface area contributed by atoms with Crippen molar-refractivity contribution in [3.8, 4) is 11.5 Å². The minimum atomic E-state index is 0.0368. The molecular weight excluding hydrogens is 328 g/mol. The Morgan fingerprint density at radius 1 is 1.00 bits per heavy atom. The fraction of sp³-hybridized carbons (Fsp3) is 0.286. The molecule has 0 unspecified atom stereocenters. The molecule has 2 N–H and O–H groups in total. The number of para-hydroxylation sites is 2. The topological polar surface area (TPSA) is 63.3 Å². The molecule has 1 aromatic heterocycles. The van der Waals surface area contributed by atoms with Crippen LogP contribution in [0, 0.1) is 0 Å². The molecule has 0 saturated heterocycles. The summed E-state index contributed by atoms with van der Waals surface area (Å²) in [7, 11) is 3.22. The van der Waals surface area contributed by atoms with Gasteiger partial charge in [-0.05, 0) is 36.1 Å². The number of fused-ring (bicyclic) bond motifs is 1. The Labute approximate surface area is 153 Å². The lowest BCUT2D eigenvalue weighted by Crippen LogP contribution is -2.25. The van der Waals surface area contributed by atoms with Crippen molar-refractivity contribution in [2.24, 2.45) is 0 Å². The maximum absolute atomic E-state index is 12.2. The average molecular weight is 352 g/mol. The van der Waals surface area contributed by atoms with Gasteiger partial charge in [-0.3, -0.25) is 4.79 Å². The normalized spacial score (nSPS) is 10.7. The highest BCUT2D eigenvalue weighted by molar-refractivity contribution is 5.83. The SMILES string of the molecule is COc1cccc(CCC(=O)NCCc2c[nH]c3ccccc23)c1OC. The lowest BCUT2D eigenvalue weighted by atomic mass is 10.1. The van der Waals surface area contributed by atoms with Crippen LogP contribution >= 0.6 is 0 Å². The maximum atomic E-state index is 12.2. The summed E-state index contributed by atoms with van der Waals surface area (Å²) in [5, 5.41) is 4.21. The molecule has 0 bridgehead atoms. The first-order valence-electron chi connectivity index (χ1n) is 8.74. The van der Waals surface area contributed by atoms with Gasteiger partial charge >= 0.3 is 0 Å². The number of carbonyl (C=O) groups excluding carboxylic acids is 1. The summed E-state index contributed by atoms with van der Waals surface area (Å²) >= 11 is 0. The van der Waals surface area contributed by atoms with Gasteiger partial charge in [-0.15, -0.1) is 0 Å². The van der Waals surface area contributed by atoms with Crippen LogP contribution in [0.2, 0.25) is 0 Å². The van der Waals surface area contributed by atoms with Crippen molar-refractivity contribution >= 4 is 16.8 Å². The molecule has 0 fully saturated rings. The van der Waals surface area contributed by atoms with E-state index in [9.17, 15) is 4.79 Å². The number of benzene rings is 2. The second-order valence-electron chi connectivity index (χ2n) is 6.11. The van der Waals surface area contributed by atoms with E-state index in [0.29, 0.717) is 30.9 Å². The zero-order valence-electron chi connectivity index (χ0n) is 15.2. The molecule has 0 aliphatic heterocycles. The number of rotatable bonds is 8. The number of hydrogen-bond donors (Lipinski definition) is 2. The van der Waals surface area contributed by atoms with Crippen LogP contribution in [0.25, 0.3) is 10.9 Å². The van der Waals surface area contributed by atoms with Crippen LogP contribution in [0.1, 0.15) is 17.5 Å². The Morgan fingerprint density at radius 3 is 2.65 bits per heavy atom. The molecule has 0 aliphatic carbocycles. The van der Waals surface area contributed by atoms with Crippen molar-refractivity contribution in [1.82, 2.24) is 10.3 Å². The van der Waals surface area contributed by atoms with Gasteiger partial charge in [0.1, 0.15) is 0 Å². The van der Waals surface area contributed by atoms with Crippen LogP contribution in [0.4, 0.5) is 0 Å². The lowest BCUT2D eigenvalue weighted by Gasteiger charge is -2.12. The van der Waals surface area contributed by atoms with Crippen molar-refractivity contribution in [3.05, 3.63) is 59.8 Å². The number of hydrogen-bond acceptors (Lipinski definition) is 3. The van der Waals surface area contributed by atoms with Crippen LogP contribution in [-0.2, 0) is 17.6 Å². The van der Waals surface area contributed by atoms with Gasteiger partial charge in [-0.25, -0.2) is 0 Å². The third kappa shape index (κ3) is 3.99. The molecule has 0 radical (unpaired) electrons. The summed E-state index contributed by atoms with van der Waals surface area (Å²) in [6.07, 6.45) is 3.84. The van der Waals surface area contributed by atoms with E-state index in [0.717, 1.165) is 17.5 Å². The van der Waals surface area contributed by atoms with Crippen LogP contribution in [0.15, 0.2) is 48.7 Å². The number of methoxy groups -OCH3 is 2. The number of nitrogens with one attached hydrogen (secondary N) is 2. The second-order valence-corrected chi connectivity index (χ2v) is 6.11. The Morgan fingerprint density at radius 2 is 1.85 bits per heavy atom. The Bertz CT molecular complexity index is 886. The smallest absolute Gasteiger partial charge is 0.220 e. The molecule has 26 heavy (non-hydrogen) atoms. The van der Waals surface area contributed by atoms with E-state index in [1.807, 2.05) is 36.5 Å². The molecule has 0 saturated carbocycles. The monoisotopic (exact) mass is 352 g/mol. The number of carbonyl (C=O) groups is 1. The summed E-state index contributed by atoms with van der Waals surface area (Å²) < 4.78 is 10.7. The van der Waals surface area contributed by atoms with Gasteiger partial charge in [0.25, 0.3) is 0 Å². The van der Waals surface area contributed by atoms with E-state index >= 15 is 0 Å². The number of aromatic nitrogens is 1. The Balaban J connectivity index is 1.51. The second kappa shape index (κ2) is 8.43. The quantitative estimate of drug-likeness (QED) is 0.652. The first kappa shape index (κ1) is 17.9. The van der Waals surface area contributed by atoms with Crippen molar-refractivity contribution in [2.75, 3.05) is 20.8 Å². The molecule has 2 aromatic carbocycles. The summed E-state index contributed by atoms with van der Waals surface area (Å²) in [6.45, 7) is 0.621. The van der Waals surface area contributed by atoms with Crippen molar-refractivity contribution in [3.63, 3.8) is 0 Å². The van der Waals surface area contributed by atoms with Gasteiger partial charge in [-0.1, -0.05) is 30.3 Å². The predicted molar refractivity (Wildman–Crippen MR) is 103 cm³/mol. The number of H-pyrrole nitrogens is 1. The van der Waals surface area contributed by atoms with Gasteiger partial charge < -0.3 is 19.8 Å².